The number of anilines is 3. The molecule has 0 aliphatic heterocycles. The van der Waals surface area contributed by atoms with Gasteiger partial charge in [0.05, 0.1) is 7.11 Å². The van der Waals surface area contributed by atoms with Crippen LogP contribution in [0, 0.1) is 0 Å². The summed E-state index contributed by atoms with van der Waals surface area (Å²) in [6.45, 7) is 0. The molecule has 1 aromatic carbocycles. The van der Waals surface area contributed by atoms with Gasteiger partial charge < -0.3 is 15.8 Å². The summed E-state index contributed by atoms with van der Waals surface area (Å²) < 4.78 is 5.04. The van der Waals surface area contributed by atoms with E-state index in [2.05, 4.69) is 10.3 Å². The van der Waals surface area contributed by atoms with Gasteiger partial charge in [-0.25, -0.2) is 4.98 Å². The van der Waals surface area contributed by atoms with Gasteiger partial charge in [-0.2, -0.15) is 0 Å². The third kappa shape index (κ3) is 2.42. The zero-order valence-corrected chi connectivity index (χ0v) is 8.97. The van der Waals surface area contributed by atoms with E-state index in [-0.39, 0.29) is 0 Å². The molecule has 3 N–H and O–H groups in total. The first-order chi connectivity index (χ1) is 7.78. The molecular formula is C12H13N3O. The maximum Gasteiger partial charge on any atom is 0.214 e. The lowest BCUT2D eigenvalue weighted by Gasteiger charge is -2.07. The van der Waals surface area contributed by atoms with Crippen molar-refractivity contribution in [3.63, 3.8) is 0 Å². The highest BCUT2D eigenvalue weighted by molar-refractivity contribution is 5.62. The lowest BCUT2D eigenvalue weighted by atomic mass is 10.2. The number of rotatable bonds is 3. The number of hydrogen-bond donors (Lipinski definition) is 2. The first-order valence-electron chi connectivity index (χ1n) is 4.90. The van der Waals surface area contributed by atoms with Gasteiger partial charge in [-0.15, -0.1) is 0 Å². The number of pyridine rings is 1. The minimum Gasteiger partial charge on any atom is -0.481 e. The van der Waals surface area contributed by atoms with Crippen LogP contribution in [-0.4, -0.2) is 12.1 Å². The highest BCUT2D eigenvalue weighted by Crippen LogP contribution is 2.19. The molecule has 2 rings (SSSR count). The topological polar surface area (TPSA) is 60.2 Å². The second-order valence-electron chi connectivity index (χ2n) is 3.33. The van der Waals surface area contributed by atoms with Gasteiger partial charge in [-0.05, 0) is 30.3 Å². The number of hydrogen-bond acceptors (Lipinski definition) is 4. The van der Waals surface area contributed by atoms with Crippen LogP contribution in [0.3, 0.4) is 0 Å². The number of nitrogens with zero attached hydrogens (tertiary/aromatic N) is 1. The predicted octanol–water partition coefficient (Wildman–Crippen LogP) is 2.42. The average molecular weight is 215 g/mol. The molecule has 0 saturated carbocycles. The molecule has 0 aliphatic rings. The number of aromatic nitrogens is 1. The standard InChI is InChI=1S/C12H13N3O/c1-16-12-8-11(6-7-14-12)15-10-4-2-9(13)3-5-10/h2-8H,13H2,1H3,(H,14,15). The Kier molecular flexibility index (Phi) is 2.91. The van der Waals surface area contributed by atoms with E-state index in [0.29, 0.717) is 5.88 Å². The Morgan fingerprint density at radius 2 is 1.88 bits per heavy atom. The zero-order valence-electron chi connectivity index (χ0n) is 8.97. The molecule has 0 radical (unpaired) electrons. The van der Waals surface area contributed by atoms with Gasteiger partial charge in [0.2, 0.25) is 5.88 Å². The molecule has 0 aliphatic carbocycles. The van der Waals surface area contributed by atoms with Crippen LogP contribution in [-0.2, 0) is 0 Å². The fourth-order valence-electron chi connectivity index (χ4n) is 1.33. The number of methoxy groups -OCH3 is 1. The number of nitrogen functional groups attached to an aromatic ring is 1. The van der Waals surface area contributed by atoms with E-state index in [0.717, 1.165) is 17.1 Å². The Hall–Kier alpha value is -2.23. The second-order valence-corrected chi connectivity index (χ2v) is 3.33. The quantitative estimate of drug-likeness (QED) is 0.772. The molecule has 0 atom stereocenters. The molecule has 0 saturated heterocycles. The second kappa shape index (κ2) is 4.53. The molecule has 1 heterocycles. The number of ether oxygens (including phenoxy) is 1. The monoisotopic (exact) mass is 215 g/mol. The molecule has 2 aromatic rings. The summed E-state index contributed by atoms with van der Waals surface area (Å²) in [6, 6.07) is 11.2. The van der Waals surface area contributed by atoms with Crippen LogP contribution in [0.15, 0.2) is 42.6 Å². The Balaban J connectivity index is 2.16. The van der Waals surface area contributed by atoms with Crippen LogP contribution in [0.5, 0.6) is 5.88 Å². The summed E-state index contributed by atoms with van der Waals surface area (Å²) >= 11 is 0. The third-order valence-corrected chi connectivity index (χ3v) is 2.14. The van der Waals surface area contributed by atoms with Crippen molar-refractivity contribution in [1.82, 2.24) is 4.98 Å². The number of nitrogens with one attached hydrogen (secondary N) is 1. The minimum atomic E-state index is 0.584. The molecule has 0 spiro atoms. The highest BCUT2D eigenvalue weighted by atomic mass is 16.5. The first kappa shape index (κ1) is 10.3. The molecule has 1 aromatic heterocycles. The maximum atomic E-state index is 5.61. The Morgan fingerprint density at radius 1 is 1.12 bits per heavy atom. The summed E-state index contributed by atoms with van der Waals surface area (Å²) in [4.78, 5) is 4.03. The largest absolute Gasteiger partial charge is 0.481 e. The lowest BCUT2D eigenvalue weighted by Crippen LogP contribution is -1.93. The zero-order chi connectivity index (χ0) is 11.4. The van der Waals surface area contributed by atoms with Crippen molar-refractivity contribution in [2.75, 3.05) is 18.2 Å². The molecule has 0 amide bonds. The Morgan fingerprint density at radius 3 is 2.56 bits per heavy atom. The predicted molar refractivity (Wildman–Crippen MR) is 64.9 cm³/mol. The molecule has 0 fully saturated rings. The smallest absolute Gasteiger partial charge is 0.214 e. The molecule has 0 unspecified atom stereocenters. The van der Waals surface area contributed by atoms with Crippen LogP contribution < -0.4 is 15.8 Å². The van der Waals surface area contributed by atoms with Crippen LogP contribution >= 0.6 is 0 Å². The third-order valence-electron chi connectivity index (χ3n) is 2.14. The molecular weight excluding hydrogens is 202 g/mol. The van der Waals surface area contributed by atoms with Crippen molar-refractivity contribution < 1.29 is 4.74 Å². The van der Waals surface area contributed by atoms with Crippen LogP contribution in [0.2, 0.25) is 0 Å². The van der Waals surface area contributed by atoms with Crippen LogP contribution in [0.1, 0.15) is 0 Å². The minimum absolute atomic E-state index is 0.584. The van der Waals surface area contributed by atoms with Crippen molar-refractivity contribution >= 4 is 17.1 Å². The SMILES string of the molecule is COc1cc(Nc2ccc(N)cc2)ccn1. The van der Waals surface area contributed by atoms with E-state index in [1.807, 2.05) is 36.4 Å². The molecule has 0 bridgehead atoms. The maximum absolute atomic E-state index is 5.61. The normalized spacial score (nSPS) is 9.81. The van der Waals surface area contributed by atoms with E-state index in [1.54, 1.807) is 13.3 Å². The summed E-state index contributed by atoms with van der Waals surface area (Å²) in [6.07, 6.45) is 1.69. The fourth-order valence-corrected chi connectivity index (χ4v) is 1.33. The van der Waals surface area contributed by atoms with Gasteiger partial charge in [-0.3, -0.25) is 0 Å². The molecule has 82 valence electrons. The average Bonchev–Trinajstić information content (AvgIpc) is 2.32. The van der Waals surface area contributed by atoms with E-state index < -0.39 is 0 Å². The lowest BCUT2D eigenvalue weighted by molar-refractivity contribution is 0.398. The summed E-state index contributed by atoms with van der Waals surface area (Å²) in [5.74, 6) is 0.584. The van der Waals surface area contributed by atoms with Gasteiger partial charge in [0.25, 0.3) is 0 Å². The van der Waals surface area contributed by atoms with E-state index in [9.17, 15) is 0 Å². The van der Waals surface area contributed by atoms with Crippen molar-refractivity contribution in [2.24, 2.45) is 0 Å². The molecule has 4 nitrogen and oxygen atoms in total. The fraction of sp³-hybridized carbons (Fsp3) is 0.0833. The van der Waals surface area contributed by atoms with Crippen LogP contribution in [0.25, 0.3) is 0 Å². The number of benzene rings is 1. The Bertz CT molecular complexity index is 468. The van der Waals surface area contributed by atoms with Gasteiger partial charge in [0, 0.05) is 29.3 Å². The Labute approximate surface area is 94.1 Å². The van der Waals surface area contributed by atoms with Gasteiger partial charge >= 0.3 is 0 Å². The van der Waals surface area contributed by atoms with Gasteiger partial charge in [0.15, 0.2) is 0 Å². The summed E-state index contributed by atoms with van der Waals surface area (Å²) in [7, 11) is 1.59. The van der Waals surface area contributed by atoms with Crippen molar-refractivity contribution in [1.29, 1.82) is 0 Å². The van der Waals surface area contributed by atoms with Gasteiger partial charge in [0.1, 0.15) is 0 Å². The highest BCUT2D eigenvalue weighted by Gasteiger charge is 1.97. The number of nitrogens with two attached hydrogens (primary N) is 1. The van der Waals surface area contributed by atoms with E-state index in [4.69, 9.17) is 10.5 Å². The van der Waals surface area contributed by atoms with Crippen molar-refractivity contribution in [3.8, 4) is 5.88 Å². The van der Waals surface area contributed by atoms with Crippen LogP contribution in [0.4, 0.5) is 17.1 Å². The van der Waals surface area contributed by atoms with Gasteiger partial charge in [-0.1, -0.05) is 0 Å². The first-order valence-corrected chi connectivity index (χ1v) is 4.90. The molecule has 4 heteroatoms. The van der Waals surface area contributed by atoms with Crippen molar-refractivity contribution in [3.05, 3.63) is 42.6 Å². The molecule has 16 heavy (non-hydrogen) atoms. The van der Waals surface area contributed by atoms with E-state index >= 15 is 0 Å². The summed E-state index contributed by atoms with van der Waals surface area (Å²) in [5.41, 5.74) is 8.26. The summed E-state index contributed by atoms with van der Waals surface area (Å²) in [5, 5.41) is 3.23. The van der Waals surface area contributed by atoms with Crippen molar-refractivity contribution in [2.45, 2.75) is 0 Å². The van der Waals surface area contributed by atoms with E-state index in [1.165, 1.54) is 0 Å².